The van der Waals surface area contributed by atoms with Crippen molar-refractivity contribution < 1.29 is 14.7 Å². The zero-order valence-corrected chi connectivity index (χ0v) is 14.9. The van der Waals surface area contributed by atoms with Crippen molar-refractivity contribution in [3.8, 4) is 11.1 Å². The van der Waals surface area contributed by atoms with Crippen LogP contribution in [0.3, 0.4) is 0 Å². The van der Waals surface area contributed by atoms with Crippen molar-refractivity contribution in [2.75, 3.05) is 5.32 Å². The van der Waals surface area contributed by atoms with Gasteiger partial charge in [0.2, 0.25) is 5.91 Å². The number of carbonyl (C=O) groups is 2. The predicted molar refractivity (Wildman–Crippen MR) is 107 cm³/mol. The predicted octanol–water partition coefficient (Wildman–Crippen LogP) is 5.01. The Morgan fingerprint density at radius 2 is 1.48 bits per heavy atom. The molecule has 0 heterocycles. The van der Waals surface area contributed by atoms with E-state index in [1.165, 1.54) is 11.6 Å². The molecule has 136 valence electrons. The summed E-state index contributed by atoms with van der Waals surface area (Å²) >= 11 is 0. The summed E-state index contributed by atoms with van der Waals surface area (Å²) in [5, 5.41) is 12.2. The number of carboxylic acid groups (broad SMARTS) is 1. The van der Waals surface area contributed by atoms with Crippen LogP contribution < -0.4 is 5.32 Å². The van der Waals surface area contributed by atoms with Crippen LogP contribution in [-0.2, 0) is 11.2 Å². The molecule has 1 amide bonds. The number of carboxylic acids is 1. The largest absolute Gasteiger partial charge is 0.478 e. The molecule has 0 atom stereocenters. The van der Waals surface area contributed by atoms with Crippen LogP contribution >= 0.6 is 0 Å². The molecule has 0 radical (unpaired) electrons. The number of aromatic carboxylic acids is 1. The molecule has 0 aromatic heterocycles. The lowest BCUT2D eigenvalue weighted by molar-refractivity contribution is -0.116. The first kappa shape index (κ1) is 18.4. The Morgan fingerprint density at radius 3 is 2.15 bits per heavy atom. The molecule has 3 aromatic rings. The number of rotatable bonds is 7. The van der Waals surface area contributed by atoms with E-state index in [0.717, 1.165) is 17.5 Å². The van der Waals surface area contributed by atoms with Crippen LogP contribution in [0.2, 0.25) is 0 Å². The van der Waals surface area contributed by atoms with Gasteiger partial charge in [-0.25, -0.2) is 4.79 Å². The van der Waals surface area contributed by atoms with E-state index in [0.29, 0.717) is 18.5 Å². The van der Waals surface area contributed by atoms with E-state index in [1.54, 1.807) is 12.1 Å². The van der Waals surface area contributed by atoms with Crippen molar-refractivity contribution in [3.63, 3.8) is 0 Å². The third kappa shape index (κ3) is 5.05. The van der Waals surface area contributed by atoms with Crippen LogP contribution in [0.5, 0.6) is 0 Å². The van der Waals surface area contributed by atoms with Crippen LogP contribution in [0.25, 0.3) is 11.1 Å². The van der Waals surface area contributed by atoms with Gasteiger partial charge in [0, 0.05) is 6.42 Å². The van der Waals surface area contributed by atoms with Gasteiger partial charge in [-0.15, -0.1) is 0 Å². The Balaban J connectivity index is 1.70. The van der Waals surface area contributed by atoms with Gasteiger partial charge in [0.15, 0.2) is 0 Å². The molecule has 0 bridgehead atoms. The number of amides is 1. The van der Waals surface area contributed by atoms with E-state index >= 15 is 0 Å². The zero-order valence-electron chi connectivity index (χ0n) is 14.9. The van der Waals surface area contributed by atoms with E-state index in [-0.39, 0.29) is 11.5 Å². The van der Waals surface area contributed by atoms with Crippen molar-refractivity contribution in [1.29, 1.82) is 0 Å². The van der Waals surface area contributed by atoms with Crippen molar-refractivity contribution in [2.45, 2.75) is 19.3 Å². The summed E-state index contributed by atoms with van der Waals surface area (Å²) in [7, 11) is 0. The van der Waals surface area contributed by atoms with Crippen LogP contribution in [0.1, 0.15) is 28.8 Å². The fourth-order valence-electron chi connectivity index (χ4n) is 2.95. The molecule has 0 spiro atoms. The summed E-state index contributed by atoms with van der Waals surface area (Å²) in [6.45, 7) is 0. The van der Waals surface area contributed by atoms with Gasteiger partial charge in [0.1, 0.15) is 0 Å². The monoisotopic (exact) mass is 359 g/mol. The Labute approximate surface area is 158 Å². The molecule has 3 rings (SSSR count). The summed E-state index contributed by atoms with van der Waals surface area (Å²) in [5.74, 6) is -1.24. The second-order valence-electron chi connectivity index (χ2n) is 6.32. The van der Waals surface area contributed by atoms with E-state index in [2.05, 4.69) is 5.32 Å². The van der Waals surface area contributed by atoms with E-state index in [1.807, 2.05) is 60.7 Å². The van der Waals surface area contributed by atoms with E-state index in [4.69, 9.17) is 0 Å². The highest BCUT2D eigenvalue weighted by atomic mass is 16.4. The van der Waals surface area contributed by atoms with Crippen molar-refractivity contribution >= 4 is 17.6 Å². The molecule has 3 aromatic carbocycles. The van der Waals surface area contributed by atoms with Gasteiger partial charge in [-0.2, -0.15) is 0 Å². The van der Waals surface area contributed by atoms with Crippen LogP contribution in [0.15, 0.2) is 78.9 Å². The van der Waals surface area contributed by atoms with Gasteiger partial charge in [-0.1, -0.05) is 66.7 Å². The lowest BCUT2D eigenvalue weighted by atomic mass is 10.0. The summed E-state index contributed by atoms with van der Waals surface area (Å²) in [6.07, 6.45) is 1.85. The van der Waals surface area contributed by atoms with E-state index < -0.39 is 5.97 Å². The first-order chi connectivity index (χ1) is 13.1. The molecule has 4 heteroatoms. The molecular weight excluding hydrogens is 338 g/mol. The highest BCUT2D eigenvalue weighted by Gasteiger charge is 2.14. The van der Waals surface area contributed by atoms with Crippen LogP contribution in [-0.4, -0.2) is 17.0 Å². The van der Waals surface area contributed by atoms with Crippen molar-refractivity contribution in [3.05, 3.63) is 90.0 Å². The molecule has 0 aliphatic carbocycles. The van der Waals surface area contributed by atoms with Crippen LogP contribution in [0.4, 0.5) is 5.69 Å². The number of aryl methyl sites for hydroxylation is 1. The van der Waals surface area contributed by atoms with Gasteiger partial charge in [0.25, 0.3) is 0 Å². The lowest BCUT2D eigenvalue weighted by Crippen LogP contribution is -2.14. The van der Waals surface area contributed by atoms with Crippen LogP contribution in [0, 0.1) is 0 Å². The Bertz CT molecular complexity index is 921. The SMILES string of the molecule is O=C(CCCc1ccccc1)Nc1cc(-c2ccccc2)ccc1C(=O)O. The molecule has 0 fully saturated rings. The minimum atomic E-state index is -1.06. The number of anilines is 1. The maximum absolute atomic E-state index is 12.3. The average Bonchev–Trinajstić information content (AvgIpc) is 2.69. The van der Waals surface area contributed by atoms with Gasteiger partial charge in [-0.05, 0) is 41.7 Å². The minimum Gasteiger partial charge on any atom is -0.478 e. The van der Waals surface area contributed by atoms with Crippen molar-refractivity contribution in [1.82, 2.24) is 0 Å². The smallest absolute Gasteiger partial charge is 0.337 e. The summed E-state index contributed by atoms with van der Waals surface area (Å²) in [6, 6.07) is 24.6. The molecule has 27 heavy (non-hydrogen) atoms. The molecule has 0 unspecified atom stereocenters. The molecule has 0 aliphatic heterocycles. The number of benzene rings is 3. The molecule has 0 saturated carbocycles. The first-order valence-electron chi connectivity index (χ1n) is 8.90. The third-order valence-corrected chi connectivity index (χ3v) is 4.34. The molecule has 0 aliphatic rings. The Hall–Kier alpha value is -3.40. The maximum atomic E-state index is 12.3. The maximum Gasteiger partial charge on any atom is 0.337 e. The highest BCUT2D eigenvalue weighted by molar-refractivity contribution is 6.01. The Morgan fingerprint density at radius 1 is 0.815 bits per heavy atom. The third-order valence-electron chi connectivity index (χ3n) is 4.34. The zero-order chi connectivity index (χ0) is 19.1. The number of hydrogen-bond donors (Lipinski definition) is 2. The number of carbonyl (C=O) groups excluding carboxylic acids is 1. The minimum absolute atomic E-state index is 0.0890. The van der Waals surface area contributed by atoms with Crippen molar-refractivity contribution in [2.24, 2.45) is 0 Å². The topological polar surface area (TPSA) is 66.4 Å². The van der Waals surface area contributed by atoms with E-state index in [9.17, 15) is 14.7 Å². The van der Waals surface area contributed by atoms with Gasteiger partial charge in [0.05, 0.1) is 11.3 Å². The summed E-state index contributed by atoms with van der Waals surface area (Å²) < 4.78 is 0. The number of nitrogens with one attached hydrogen (secondary N) is 1. The average molecular weight is 359 g/mol. The number of hydrogen-bond acceptors (Lipinski definition) is 2. The fourth-order valence-corrected chi connectivity index (χ4v) is 2.95. The molecule has 4 nitrogen and oxygen atoms in total. The first-order valence-corrected chi connectivity index (χ1v) is 8.90. The van der Waals surface area contributed by atoms with Gasteiger partial charge >= 0.3 is 5.97 Å². The summed E-state index contributed by atoms with van der Waals surface area (Å²) in [4.78, 5) is 23.8. The molecule has 2 N–H and O–H groups in total. The molecular formula is C23H21NO3. The fraction of sp³-hybridized carbons (Fsp3) is 0.130. The van der Waals surface area contributed by atoms with Gasteiger partial charge < -0.3 is 10.4 Å². The highest BCUT2D eigenvalue weighted by Crippen LogP contribution is 2.26. The Kier molecular flexibility index (Phi) is 6.00. The standard InChI is InChI=1S/C23H21NO3/c25-22(13-7-10-17-8-3-1-4-9-17)24-21-16-19(14-15-20(21)23(26)27)18-11-5-2-6-12-18/h1-6,8-9,11-12,14-16H,7,10,13H2,(H,24,25)(H,26,27). The second kappa shape index (κ2) is 8.81. The normalized spacial score (nSPS) is 10.4. The quantitative estimate of drug-likeness (QED) is 0.623. The summed E-state index contributed by atoms with van der Waals surface area (Å²) in [5.41, 5.74) is 3.43. The lowest BCUT2D eigenvalue weighted by Gasteiger charge is -2.11. The van der Waals surface area contributed by atoms with Gasteiger partial charge in [-0.3, -0.25) is 4.79 Å². The second-order valence-corrected chi connectivity index (χ2v) is 6.32. The molecule has 0 saturated heterocycles.